The van der Waals surface area contributed by atoms with E-state index in [-0.39, 0.29) is 22.7 Å². The van der Waals surface area contributed by atoms with Crippen LogP contribution in [0.5, 0.6) is 11.5 Å². The van der Waals surface area contributed by atoms with Crippen LogP contribution < -0.4 is 10.5 Å². The van der Waals surface area contributed by atoms with Gasteiger partial charge in [0.15, 0.2) is 17.3 Å². The minimum Gasteiger partial charge on any atom is -0.452 e. The third kappa shape index (κ3) is 2.66. The molecule has 2 aromatic carbocycles. The van der Waals surface area contributed by atoms with E-state index in [4.69, 9.17) is 15.7 Å². The van der Waals surface area contributed by atoms with Crippen LogP contribution in [-0.2, 0) is 0 Å². The highest BCUT2D eigenvalue weighted by atomic mass is 79.9. The van der Waals surface area contributed by atoms with E-state index < -0.39 is 11.6 Å². The van der Waals surface area contributed by atoms with Crippen LogP contribution in [0.1, 0.15) is 5.56 Å². The van der Waals surface area contributed by atoms with Gasteiger partial charge in [-0.1, -0.05) is 22.0 Å². The molecule has 0 saturated heterocycles. The predicted octanol–water partition coefficient (Wildman–Crippen LogP) is 3.97. The summed E-state index contributed by atoms with van der Waals surface area (Å²) in [6, 6.07) is 8.64. The van der Waals surface area contributed by atoms with Crippen molar-refractivity contribution in [1.29, 1.82) is 5.26 Å². The molecule has 0 aliphatic heterocycles. The Hall–Kier alpha value is -2.13. The molecule has 6 heteroatoms. The number of hydrogen-bond acceptors (Lipinski definition) is 3. The number of nitrogens with two attached hydrogens (primary N) is 1. The van der Waals surface area contributed by atoms with Crippen molar-refractivity contribution >= 4 is 21.6 Å². The van der Waals surface area contributed by atoms with Gasteiger partial charge in [-0.05, 0) is 24.3 Å². The molecule has 0 aromatic heterocycles. The zero-order chi connectivity index (χ0) is 14.0. The third-order valence-corrected chi connectivity index (χ3v) is 2.82. The monoisotopic (exact) mass is 324 g/mol. The van der Waals surface area contributed by atoms with Crippen molar-refractivity contribution in [2.75, 3.05) is 5.73 Å². The highest BCUT2D eigenvalue weighted by Crippen LogP contribution is 2.33. The Morgan fingerprint density at radius 3 is 2.63 bits per heavy atom. The summed E-state index contributed by atoms with van der Waals surface area (Å²) < 4.78 is 32.3. The summed E-state index contributed by atoms with van der Waals surface area (Å²) in [6.45, 7) is 0. The van der Waals surface area contributed by atoms with Gasteiger partial charge < -0.3 is 10.5 Å². The lowest BCUT2D eigenvalue weighted by Gasteiger charge is -2.10. The van der Waals surface area contributed by atoms with Crippen LogP contribution >= 0.6 is 15.9 Å². The summed E-state index contributed by atoms with van der Waals surface area (Å²) in [6.07, 6.45) is 0. The average molecular weight is 325 g/mol. The van der Waals surface area contributed by atoms with Crippen LogP contribution in [0.4, 0.5) is 14.5 Å². The Balaban J connectivity index is 2.45. The van der Waals surface area contributed by atoms with Gasteiger partial charge in [0.25, 0.3) is 0 Å². The molecular weight excluding hydrogens is 318 g/mol. The van der Waals surface area contributed by atoms with E-state index in [2.05, 4.69) is 15.9 Å². The lowest BCUT2D eigenvalue weighted by molar-refractivity contribution is 0.416. The van der Waals surface area contributed by atoms with E-state index in [0.717, 1.165) is 6.07 Å². The first kappa shape index (κ1) is 13.3. The number of nitriles is 1. The molecule has 0 unspecified atom stereocenters. The molecule has 0 spiro atoms. The second kappa shape index (κ2) is 5.24. The molecule has 0 saturated carbocycles. The van der Waals surface area contributed by atoms with Crippen LogP contribution in [0.25, 0.3) is 0 Å². The van der Waals surface area contributed by atoms with Gasteiger partial charge in [-0.25, -0.2) is 4.39 Å². The van der Waals surface area contributed by atoms with Gasteiger partial charge >= 0.3 is 0 Å². The first-order chi connectivity index (χ1) is 9.02. The number of nitrogen functional groups attached to an aromatic ring is 1. The molecule has 2 aromatic rings. The van der Waals surface area contributed by atoms with Crippen LogP contribution in [-0.4, -0.2) is 0 Å². The SMILES string of the molecule is N#Cc1cccc(Oc2cc(Br)cc(F)c2F)c1N. The minimum atomic E-state index is -1.12. The van der Waals surface area contributed by atoms with E-state index in [0.29, 0.717) is 4.47 Å². The van der Waals surface area contributed by atoms with Gasteiger partial charge in [0.05, 0.1) is 11.3 Å². The van der Waals surface area contributed by atoms with Gasteiger partial charge in [0.1, 0.15) is 6.07 Å². The smallest absolute Gasteiger partial charge is 0.201 e. The van der Waals surface area contributed by atoms with Gasteiger partial charge in [0, 0.05) is 4.47 Å². The molecule has 0 radical (unpaired) electrons. The number of halogens is 3. The lowest BCUT2D eigenvalue weighted by Crippen LogP contribution is -1.97. The fourth-order valence-electron chi connectivity index (χ4n) is 1.46. The summed E-state index contributed by atoms with van der Waals surface area (Å²) >= 11 is 3.04. The molecule has 0 amide bonds. The molecule has 0 fully saturated rings. The second-order valence-corrected chi connectivity index (χ2v) is 4.55. The topological polar surface area (TPSA) is 59.0 Å². The number of anilines is 1. The fourth-order valence-corrected chi connectivity index (χ4v) is 1.86. The summed E-state index contributed by atoms with van der Waals surface area (Å²) in [7, 11) is 0. The molecule has 0 heterocycles. The van der Waals surface area contributed by atoms with Crippen molar-refractivity contribution in [2.24, 2.45) is 0 Å². The van der Waals surface area contributed by atoms with Gasteiger partial charge in [-0.15, -0.1) is 0 Å². The molecule has 0 aliphatic rings. The van der Waals surface area contributed by atoms with Crippen molar-refractivity contribution in [1.82, 2.24) is 0 Å². The maximum atomic E-state index is 13.6. The normalized spacial score (nSPS) is 10.0. The van der Waals surface area contributed by atoms with Gasteiger partial charge in [-0.2, -0.15) is 9.65 Å². The third-order valence-electron chi connectivity index (χ3n) is 2.37. The average Bonchev–Trinajstić information content (AvgIpc) is 2.37. The molecule has 0 bridgehead atoms. The lowest BCUT2D eigenvalue weighted by atomic mass is 10.2. The van der Waals surface area contributed by atoms with Crippen molar-refractivity contribution in [3.63, 3.8) is 0 Å². The Morgan fingerprint density at radius 1 is 1.21 bits per heavy atom. The first-order valence-corrected chi connectivity index (χ1v) is 5.93. The van der Waals surface area contributed by atoms with Crippen molar-refractivity contribution in [3.05, 3.63) is 52.0 Å². The fraction of sp³-hybridized carbons (Fsp3) is 0. The van der Waals surface area contributed by atoms with E-state index in [1.54, 1.807) is 0 Å². The Morgan fingerprint density at radius 2 is 1.95 bits per heavy atom. The van der Waals surface area contributed by atoms with Gasteiger partial charge in [0.2, 0.25) is 5.82 Å². The summed E-state index contributed by atoms with van der Waals surface area (Å²) in [5.41, 5.74) is 5.97. The first-order valence-electron chi connectivity index (χ1n) is 5.14. The predicted molar refractivity (Wildman–Crippen MR) is 69.7 cm³/mol. The molecule has 19 heavy (non-hydrogen) atoms. The highest BCUT2D eigenvalue weighted by Gasteiger charge is 2.14. The Labute approximate surface area is 116 Å². The van der Waals surface area contributed by atoms with Crippen molar-refractivity contribution in [2.45, 2.75) is 0 Å². The van der Waals surface area contributed by atoms with Crippen LogP contribution in [0.2, 0.25) is 0 Å². The number of nitrogens with zero attached hydrogens (tertiary/aromatic N) is 1. The zero-order valence-electron chi connectivity index (χ0n) is 9.45. The molecule has 3 nitrogen and oxygen atoms in total. The standard InChI is InChI=1S/C13H7BrF2N2O/c14-8-4-9(15)12(16)11(5-8)19-10-3-1-2-7(6-17)13(10)18/h1-5H,18H2. The molecular formula is C13H7BrF2N2O. The molecule has 96 valence electrons. The van der Waals surface area contributed by atoms with E-state index in [9.17, 15) is 8.78 Å². The minimum absolute atomic E-state index is 0.0739. The number of rotatable bonds is 2. The number of hydrogen-bond donors (Lipinski definition) is 1. The molecule has 0 atom stereocenters. The largest absolute Gasteiger partial charge is 0.452 e. The zero-order valence-corrected chi connectivity index (χ0v) is 11.0. The molecule has 2 rings (SSSR count). The van der Waals surface area contributed by atoms with E-state index >= 15 is 0 Å². The van der Waals surface area contributed by atoms with Gasteiger partial charge in [-0.3, -0.25) is 0 Å². The van der Waals surface area contributed by atoms with Crippen LogP contribution in [0.3, 0.4) is 0 Å². The maximum absolute atomic E-state index is 13.6. The van der Waals surface area contributed by atoms with Crippen molar-refractivity contribution in [3.8, 4) is 17.6 Å². The summed E-state index contributed by atoms with van der Waals surface area (Å²) in [4.78, 5) is 0. The highest BCUT2D eigenvalue weighted by molar-refractivity contribution is 9.10. The quantitative estimate of drug-likeness (QED) is 0.671. The number of ether oxygens (including phenoxy) is 1. The number of para-hydroxylation sites is 1. The van der Waals surface area contributed by atoms with E-state index in [1.807, 2.05) is 6.07 Å². The Bertz CT molecular complexity index is 683. The maximum Gasteiger partial charge on any atom is 0.201 e. The molecule has 0 aliphatic carbocycles. The second-order valence-electron chi connectivity index (χ2n) is 3.63. The van der Waals surface area contributed by atoms with Crippen molar-refractivity contribution < 1.29 is 13.5 Å². The summed E-state index contributed by atoms with van der Waals surface area (Å²) in [5, 5.41) is 8.82. The Kier molecular flexibility index (Phi) is 3.67. The number of benzene rings is 2. The van der Waals surface area contributed by atoms with Crippen LogP contribution in [0, 0.1) is 23.0 Å². The van der Waals surface area contributed by atoms with Crippen LogP contribution in [0.15, 0.2) is 34.8 Å². The summed E-state index contributed by atoms with van der Waals surface area (Å²) in [5.74, 6) is -2.38. The van der Waals surface area contributed by atoms with E-state index in [1.165, 1.54) is 24.3 Å². The molecule has 2 N–H and O–H groups in total.